The highest BCUT2D eigenvalue weighted by Gasteiger charge is 2.27. The molecule has 4 nitrogen and oxygen atoms in total. The van der Waals surface area contributed by atoms with Crippen LogP contribution < -0.4 is 5.32 Å². The van der Waals surface area contributed by atoms with E-state index in [2.05, 4.69) is 5.32 Å². The molecule has 0 spiro atoms. The van der Waals surface area contributed by atoms with Crippen molar-refractivity contribution in [3.05, 3.63) is 29.0 Å². The van der Waals surface area contributed by atoms with Crippen LogP contribution in [0.4, 0.5) is 4.39 Å². The van der Waals surface area contributed by atoms with Crippen LogP contribution in [0.25, 0.3) is 0 Å². The van der Waals surface area contributed by atoms with E-state index in [0.29, 0.717) is 6.54 Å². The first-order chi connectivity index (χ1) is 8.91. The lowest BCUT2D eigenvalue weighted by Crippen LogP contribution is -2.38. The average molecular weight is 307 g/mol. The summed E-state index contributed by atoms with van der Waals surface area (Å²) in [5.41, 5.74) is 0. The van der Waals surface area contributed by atoms with Crippen molar-refractivity contribution >= 4 is 21.6 Å². The number of nitrogens with zero attached hydrogens (tertiary/aromatic N) is 1. The standard InChI is InChI=1S/C12H16ClFN2O2S/c1-16(8-10-3-2-6-15-10)19(17,18)12-5-4-9(14)7-11(12)13/h4-5,7,10,15H,2-3,6,8H2,1H3. The lowest BCUT2D eigenvalue weighted by atomic mass is 10.2. The minimum Gasteiger partial charge on any atom is -0.313 e. The second-order valence-corrected chi connectivity index (χ2v) is 7.07. The van der Waals surface area contributed by atoms with Crippen molar-refractivity contribution in [2.75, 3.05) is 20.1 Å². The lowest BCUT2D eigenvalue weighted by Gasteiger charge is -2.21. The Bertz CT molecular complexity index is 559. The number of nitrogens with one attached hydrogen (secondary N) is 1. The zero-order chi connectivity index (χ0) is 14.0. The van der Waals surface area contributed by atoms with Gasteiger partial charge in [-0.3, -0.25) is 0 Å². The first-order valence-electron chi connectivity index (χ1n) is 6.06. The van der Waals surface area contributed by atoms with E-state index in [9.17, 15) is 12.8 Å². The molecule has 19 heavy (non-hydrogen) atoms. The maximum atomic E-state index is 13.0. The number of hydrogen-bond acceptors (Lipinski definition) is 3. The van der Waals surface area contributed by atoms with Gasteiger partial charge in [0.05, 0.1) is 5.02 Å². The molecule has 1 fully saturated rings. The van der Waals surface area contributed by atoms with Gasteiger partial charge in [0, 0.05) is 19.6 Å². The number of likely N-dealkylation sites (N-methyl/N-ethyl adjacent to an activating group) is 1. The molecule has 1 aromatic rings. The van der Waals surface area contributed by atoms with Crippen molar-refractivity contribution in [3.63, 3.8) is 0 Å². The number of benzene rings is 1. The van der Waals surface area contributed by atoms with E-state index in [4.69, 9.17) is 11.6 Å². The molecule has 0 saturated carbocycles. The minimum atomic E-state index is -3.68. The number of sulfonamides is 1. The molecule has 0 amide bonds. The zero-order valence-corrected chi connectivity index (χ0v) is 12.1. The highest BCUT2D eigenvalue weighted by Crippen LogP contribution is 2.25. The van der Waals surface area contributed by atoms with Crippen molar-refractivity contribution in [2.24, 2.45) is 0 Å². The molecule has 1 aliphatic rings. The molecule has 1 heterocycles. The minimum absolute atomic E-state index is 0.0592. The number of hydrogen-bond donors (Lipinski definition) is 1. The predicted octanol–water partition coefficient (Wildman–Crippen LogP) is 1.85. The quantitative estimate of drug-likeness (QED) is 0.923. The van der Waals surface area contributed by atoms with E-state index >= 15 is 0 Å². The summed E-state index contributed by atoms with van der Waals surface area (Å²) in [6.07, 6.45) is 2.01. The molecule has 0 radical (unpaired) electrons. The summed E-state index contributed by atoms with van der Waals surface area (Å²) >= 11 is 5.81. The molecule has 0 bridgehead atoms. The van der Waals surface area contributed by atoms with Crippen LogP contribution in [0.15, 0.2) is 23.1 Å². The van der Waals surface area contributed by atoms with Crippen LogP contribution in [-0.4, -0.2) is 38.9 Å². The van der Waals surface area contributed by atoms with Crippen LogP contribution in [0, 0.1) is 5.82 Å². The summed E-state index contributed by atoms with van der Waals surface area (Å²) in [5.74, 6) is -0.552. The van der Waals surface area contributed by atoms with Gasteiger partial charge in [0.2, 0.25) is 10.0 Å². The predicted molar refractivity (Wildman–Crippen MR) is 72.3 cm³/mol. The summed E-state index contributed by atoms with van der Waals surface area (Å²) < 4.78 is 38.9. The maximum Gasteiger partial charge on any atom is 0.244 e. The van der Waals surface area contributed by atoms with E-state index in [1.807, 2.05) is 0 Å². The van der Waals surface area contributed by atoms with Gasteiger partial charge in [-0.2, -0.15) is 4.31 Å². The van der Waals surface area contributed by atoms with Gasteiger partial charge < -0.3 is 5.32 Å². The van der Waals surface area contributed by atoms with Gasteiger partial charge in [0.15, 0.2) is 0 Å². The van der Waals surface area contributed by atoms with Crippen molar-refractivity contribution in [1.29, 1.82) is 0 Å². The van der Waals surface area contributed by atoms with Gasteiger partial charge >= 0.3 is 0 Å². The van der Waals surface area contributed by atoms with Crippen molar-refractivity contribution < 1.29 is 12.8 Å². The van der Waals surface area contributed by atoms with Crippen LogP contribution in [-0.2, 0) is 10.0 Å². The molecule has 0 aliphatic carbocycles. The van der Waals surface area contributed by atoms with Gasteiger partial charge in [-0.05, 0) is 37.6 Å². The van der Waals surface area contributed by atoms with Crippen molar-refractivity contribution in [2.45, 2.75) is 23.8 Å². The largest absolute Gasteiger partial charge is 0.313 e. The van der Waals surface area contributed by atoms with Crippen LogP contribution in [0.5, 0.6) is 0 Å². The molecule has 1 aromatic carbocycles. The van der Waals surface area contributed by atoms with Gasteiger partial charge in [-0.15, -0.1) is 0 Å². The van der Waals surface area contributed by atoms with Gasteiger partial charge in [-0.25, -0.2) is 12.8 Å². The smallest absolute Gasteiger partial charge is 0.244 e. The third-order valence-corrected chi connectivity index (χ3v) is 5.53. The monoisotopic (exact) mass is 306 g/mol. The first kappa shape index (κ1) is 14.7. The second-order valence-electron chi connectivity index (χ2n) is 4.65. The van der Waals surface area contributed by atoms with E-state index in [-0.39, 0.29) is 16.0 Å². The third kappa shape index (κ3) is 3.25. The molecule has 1 atom stereocenters. The summed E-state index contributed by atoms with van der Waals surface area (Å²) in [6, 6.07) is 3.47. The normalized spacial score (nSPS) is 20.1. The Labute approximate surface area is 117 Å². The molecule has 106 valence electrons. The molecule has 1 saturated heterocycles. The van der Waals surface area contributed by atoms with Gasteiger partial charge in [0.1, 0.15) is 10.7 Å². The topological polar surface area (TPSA) is 49.4 Å². The highest BCUT2D eigenvalue weighted by atomic mass is 35.5. The van der Waals surface area contributed by atoms with Crippen molar-refractivity contribution in [1.82, 2.24) is 9.62 Å². The third-order valence-electron chi connectivity index (χ3n) is 3.22. The van der Waals surface area contributed by atoms with E-state index in [0.717, 1.165) is 31.5 Å². The Balaban J connectivity index is 2.20. The van der Waals surface area contributed by atoms with Crippen LogP contribution in [0.2, 0.25) is 5.02 Å². The Morgan fingerprint density at radius 2 is 2.26 bits per heavy atom. The van der Waals surface area contributed by atoms with Crippen LogP contribution in [0.1, 0.15) is 12.8 Å². The van der Waals surface area contributed by atoms with Crippen molar-refractivity contribution in [3.8, 4) is 0 Å². The average Bonchev–Trinajstić information content (AvgIpc) is 2.81. The summed E-state index contributed by atoms with van der Waals surface area (Å²) in [4.78, 5) is -0.0592. The SMILES string of the molecule is CN(CC1CCCN1)S(=O)(=O)c1ccc(F)cc1Cl. The van der Waals surface area contributed by atoms with E-state index in [1.54, 1.807) is 0 Å². The Kier molecular flexibility index (Phi) is 4.45. The first-order valence-corrected chi connectivity index (χ1v) is 7.88. The summed E-state index contributed by atoms with van der Waals surface area (Å²) in [5, 5.41) is 3.14. The molecular weight excluding hydrogens is 291 g/mol. The van der Waals surface area contributed by atoms with Gasteiger partial charge in [-0.1, -0.05) is 11.6 Å². The van der Waals surface area contributed by atoms with E-state index in [1.165, 1.54) is 17.4 Å². The fourth-order valence-electron chi connectivity index (χ4n) is 2.17. The molecule has 7 heteroatoms. The zero-order valence-electron chi connectivity index (χ0n) is 10.6. The maximum absolute atomic E-state index is 13.0. The fourth-order valence-corrected chi connectivity index (χ4v) is 3.89. The van der Waals surface area contributed by atoms with Gasteiger partial charge in [0.25, 0.3) is 0 Å². The molecule has 1 N–H and O–H groups in total. The highest BCUT2D eigenvalue weighted by molar-refractivity contribution is 7.89. The molecule has 2 rings (SSSR count). The summed E-state index contributed by atoms with van der Waals surface area (Å²) in [7, 11) is -2.17. The number of halogens is 2. The molecular formula is C12H16ClFN2O2S. The second kappa shape index (κ2) is 5.75. The number of rotatable bonds is 4. The Morgan fingerprint density at radius 1 is 1.53 bits per heavy atom. The fraction of sp³-hybridized carbons (Fsp3) is 0.500. The summed E-state index contributed by atoms with van der Waals surface area (Å²) in [6.45, 7) is 1.30. The Morgan fingerprint density at radius 3 is 2.84 bits per heavy atom. The lowest BCUT2D eigenvalue weighted by molar-refractivity contribution is 0.417. The van der Waals surface area contributed by atoms with E-state index < -0.39 is 15.8 Å². The Hall–Kier alpha value is -0.690. The molecule has 0 aromatic heterocycles. The van der Waals surface area contributed by atoms with Crippen LogP contribution >= 0.6 is 11.6 Å². The molecule has 1 unspecified atom stereocenters. The molecule has 1 aliphatic heterocycles. The van der Waals surface area contributed by atoms with Crippen LogP contribution in [0.3, 0.4) is 0 Å².